The summed E-state index contributed by atoms with van der Waals surface area (Å²) in [6.45, 7) is 10.3. The fourth-order valence-electron chi connectivity index (χ4n) is 1.43. The molecule has 0 radical (unpaired) electrons. The Hall–Kier alpha value is -1.13. The smallest absolute Gasteiger partial charge is 0.295 e. The van der Waals surface area contributed by atoms with Crippen molar-refractivity contribution in [2.24, 2.45) is 0 Å². The number of carbonyl (C=O) groups excluding carboxylic acids is 1. The standard InChI is InChI=1S/C15H24O3Si/c1-15(2,3)19(4,5)18-14(17)11-13(16)12-9-7-6-8-10-12/h6-10,13,16H,11H2,1-5H3/t13-/m0/s1. The highest BCUT2D eigenvalue weighted by Crippen LogP contribution is 2.37. The van der Waals surface area contributed by atoms with Gasteiger partial charge in [0.15, 0.2) is 0 Å². The Balaban J connectivity index is 2.62. The largest absolute Gasteiger partial charge is 0.519 e. The molecular formula is C15H24O3Si. The molecule has 0 saturated heterocycles. The van der Waals surface area contributed by atoms with Gasteiger partial charge in [-0.1, -0.05) is 51.1 Å². The monoisotopic (exact) mass is 280 g/mol. The first-order valence-electron chi connectivity index (χ1n) is 6.58. The minimum atomic E-state index is -2.10. The molecule has 0 unspecified atom stereocenters. The average molecular weight is 280 g/mol. The molecule has 19 heavy (non-hydrogen) atoms. The normalized spacial score (nSPS) is 14.0. The molecule has 1 rings (SSSR count). The van der Waals surface area contributed by atoms with E-state index in [2.05, 4.69) is 20.8 Å². The molecule has 0 aliphatic carbocycles. The summed E-state index contributed by atoms with van der Waals surface area (Å²) in [4.78, 5) is 11.9. The van der Waals surface area contributed by atoms with Crippen LogP contribution in [0.15, 0.2) is 30.3 Å². The van der Waals surface area contributed by atoms with Gasteiger partial charge < -0.3 is 9.53 Å². The van der Waals surface area contributed by atoms with Gasteiger partial charge in [-0.25, -0.2) is 0 Å². The number of hydrogen-bond donors (Lipinski definition) is 1. The van der Waals surface area contributed by atoms with Gasteiger partial charge in [-0.2, -0.15) is 0 Å². The van der Waals surface area contributed by atoms with Crippen LogP contribution in [0.2, 0.25) is 18.1 Å². The van der Waals surface area contributed by atoms with Crippen molar-refractivity contribution in [2.75, 3.05) is 0 Å². The molecule has 1 N–H and O–H groups in total. The Morgan fingerprint density at radius 3 is 2.26 bits per heavy atom. The van der Waals surface area contributed by atoms with Gasteiger partial charge in [0.2, 0.25) is 0 Å². The van der Waals surface area contributed by atoms with Crippen LogP contribution in [0.4, 0.5) is 0 Å². The quantitative estimate of drug-likeness (QED) is 0.856. The van der Waals surface area contributed by atoms with E-state index >= 15 is 0 Å². The second kappa shape index (κ2) is 5.88. The molecule has 1 atom stereocenters. The summed E-state index contributed by atoms with van der Waals surface area (Å²) in [6, 6.07) is 9.19. The molecule has 1 aromatic rings. The molecular weight excluding hydrogens is 256 g/mol. The Kier molecular flexibility index (Phi) is 4.93. The third-order valence-corrected chi connectivity index (χ3v) is 8.07. The minimum absolute atomic E-state index is 0.0104. The van der Waals surface area contributed by atoms with E-state index < -0.39 is 14.4 Å². The number of carbonyl (C=O) groups is 1. The van der Waals surface area contributed by atoms with Crippen LogP contribution in [0.1, 0.15) is 38.9 Å². The van der Waals surface area contributed by atoms with Gasteiger partial charge in [0, 0.05) is 0 Å². The summed E-state index contributed by atoms with van der Waals surface area (Å²) in [5.41, 5.74) is 0.745. The lowest BCUT2D eigenvalue weighted by Gasteiger charge is -2.35. The molecule has 3 nitrogen and oxygen atoms in total. The van der Waals surface area contributed by atoms with E-state index in [1.807, 2.05) is 43.4 Å². The summed E-state index contributed by atoms with van der Waals surface area (Å²) in [7, 11) is -2.10. The summed E-state index contributed by atoms with van der Waals surface area (Å²) in [5.74, 6) is -0.317. The van der Waals surface area contributed by atoms with Crippen molar-refractivity contribution in [1.82, 2.24) is 0 Å². The van der Waals surface area contributed by atoms with E-state index in [-0.39, 0.29) is 17.4 Å². The van der Waals surface area contributed by atoms with Crippen molar-refractivity contribution in [2.45, 2.75) is 51.4 Å². The molecule has 0 aliphatic rings. The van der Waals surface area contributed by atoms with E-state index in [4.69, 9.17) is 4.43 Å². The molecule has 0 fully saturated rings. The molecule has 0 bridgehead atoms. The van der Waals surface area contributed by atoms with Crippen molar-refractivity contribution in [1.29, 1.82) is 0 Å². The molecule has 0 aromatic heterocycles. The Morgan fingerprint density at radius 1 is 1.26 bits per heavy atom. The molecule has 0 spiro atoms. The third-order valence-electron chi connectivity index (χ3n) is 3.72. The van der Waals surface area contributed by atoms with Gasteiger partial charge >= 0.3 is 0 Å². The molecule has 0 amide bonds. The van der Waals surface area contributed by atoms with Crippen LogP contribution in [0.25, 0.3) is 0 Å². The van der Waals surface area contributed by atoms with Crippen LogP contribution in [-0.4, -0.2) is 19.4 Å². The van der Waals surface area contributed by atoms with Crippen molar-refractivity contribution in [3.05, 3.63) is 35.9 Å². The fourth-order valence-corrected chi connectivity index (χ4v) is 2.39. The Bertz CT molecular complexity index is 421. The van der Waals surface area contributed by atoms with E-state index in [1.165, 1.54) is 0 Å². The van der Waals surface area contributed by atoms with Crippen LogP contribution in [-0.2, 0) is 9.22 Å². The van der Waals surface area contributed by atoms with Gasteiger partial charge in [0.25, 0.3) is 14.3 Å². The van der Waals surface area contributed by atoms with Crippen LogP contribution in [0, 0.1) is 0 Å². The van der Waals surface area contributed by atoms with Gasteiger partial charge in [-0.15, -0.1) is 0 Å². The lowest BCUT2D eigenvalue weighted by Crippen LogP contribution is -2.42. The van der Waals surface area contributed by atoms with Gasteiger partial charge in [-0.05, 0) is 23.7 Å². The zero-order valence-electron chi connectivity index (χ0n) is 12.4. The summed E-state index contributed by atoms with van der Waals surface area (Å²) < 4.78 is 5.63. The zero-order chi connectivity index (χ0) is 14.7. The highest BCUT2D eigenvalue weighted by atomic mass is 28.4. The Labute approximate surface area is 116 Å². The fraction of sp³-hybridized carbons (Fsp3) is 0.533. The number of hydrogen-bond acceptors (Lipinski definition) is 3. The Morgan fingerprint density at radius 2 is 1.79 bits per heavy atom. The van der Waals surface area contributed by atoms with Crippen LogP contribution >= 0.6 is 0 Å². The van der Waals surface area contributed by atoms with E-state index in [9.17, 15) is 9.90 Å². The molecule has 0 heterocycles. The maximum atomic E-state index is 11.9. The lowest BCUT2D eigenvalue weighted by atomic mass is 10.1. The predicted molar refractivity (Wildman–Crippen MR) is 79.3 cm³/mol. The molecule has 4 heteroatoms. The number of aliphatic hydroxyl groups is 1. The number of aliphatic hydroxyl groups excluding tert-OH is 1. The van der Waals surface area contributed by atoms with Gasteiger partial charge in [0.05, 0.1) is 12.5 Å². The molecule has 0 saturated carbocycles. The zero-order valence-corrected chi connectivity index (χ0v) is 13.4. The second-order valence-electron chi connectivity index (χ2n) is 6.36. The first-order chi connectivity index (χ1) is 8.63. The van der Waals surface area contributed by atoms with Crippen molar-refractivity contribution in [3.8, 4) is 0 Å². The van der Waals surface area contributed by atoms with Crippen molar-refractivity contribution >= 4 is 14.3 Å². The van der Waals surface area contributed by atoms with Crippen molar-refractivity contribution in [3.63, 3.8) is 0 Å². The lowest BCUT2D eigenvalue weighted by molar-refractivity contribution is -0.137. The maximum absolute atomic E-state index is 11.9. The highest BCUT2D eigenvalue weighted by Gasteiger charge is 2.40. The minimum Gasteiger partial charge on any atom is -0.519 e. The van der Waals surface area contributed by atoms with Gasteiger partial charge in [-0.3, -0.25) is 4.79 Å². The van der Waals surface area contributed by atoms with Crippen LogP contribution < -0.4 is 0 Å². The summed E-state index contributed by atoms with van der Waals surface area (Å²) in [6.07, 6.45) is -0.783. The first kappa shape index (κ1) is 15.9. The van der Waals surface area contributed by atoms with Crippen molar-refractivity contribution < 1.29 is 14.3 Å². The predicted octanol–water partition coefficient (Wildman–Crippen LogP) is 3.66. The topological polar surface area (TPSA) is 46.5 Å². The third kappa shape index (κ3) is 4.47. The van der Waals surface area contributed by atoms with Crippen LogP contribution in [0.5, 0.6) is 0 Å². The average Bonchev–Trinajstić information content (AvgIpc) is 2.27. The molecule has 0 aliphatic heterocycles. The maximum Gasteiger partial charge on any atom is 0.295 e. The SMILES string of the molecule is CC(C)(C)[Si](C)(C)OC(=O)C[C@H](O)c1ccccc1. The van der Waals surface area contributed by atoms with E-state index in [1.54, 1.807) is 0 Å². The van der Waals surface area contributed by atoms with E-state index in [0.29, 0.717) is 0 Å². The number of benzene rings is 1. The van der Waals surface area contributed by atoms with Gasteiger partial charge in [0.1, 0.15) is 0 Å². The second-order valence-corrected chi connectivity index (χ2v) is 11.1. The molecule has 1 aromatic carbocycles. The molecule has 106 valence electrons. The van der Waals surface area contributed by atoms with E-state index in [0.717, 1.165) is 5.56 Å². The summed E-state index contributed by atoms with van der Waals surface area (Å²) in [5, 5.41) is 9.99. The van der Waals surface area contributed by atoms with Crippen LogP contribution in [0.3, 0.4) is 0 Å². The summed E-state index contributed by atoms with van der Waals surface area (Å²) >= 11 is 0. The highest BCUT2D eigenvalue weighted by molar-refractivity contribution is 6.75. The first-order valence-corrected chi connectivity index (χ1v) is 9.49. The number of rotatable bonds is 4.